The van der Waals surface area contributed by atoms with Crippen LogP contribution in [0.25, 0.3) is 55.6 Å². The first-order chi connectivity index (χ1) is 19.3. The Balaban J connectivity index is 1.51. The second-order valence-electron chi connectivity index (χ2n) is 9.96. The predicted molar refractivity (Wildman–Crippen MR) is 163 cm³/mol. The van der Waals surface area contributed by atoms with Crippen LogP contribution in [0.4, 0.5) is 0 Å². The van der Waals surface area contributed by atoms with Crippen molar-refractivity contribution in [2.75, 3.05) is 0 Å². The first-order valence-electron chi connectivity index (χ1n) is 13.5. The molecule has 0 saturated heterocycles. The van der Waals surface area contributed by atoms with Crippen LogP contribution >= 0.6 is 0 Å². The van der Waals surface area contributed by atoms with Crippen LogP contribution in [0.5, 0.6) is 5.75 Å². The highest BCUT2D eigenvalue weighted by Crippen LogP contribution is 2.40. The lowest BCUT2D eigenvalue weighted by atomic mass is 10.00. The molecule has 0 unspecified atom stereocenters. The van der Waals surface area contributed by atoms with Gasteiger partial charge in [-0.1, -0.05) is 73.3 Å². The molecule has 188 valence electrons. The minimum absolute atomic E-state index is 0.653. The number of fused-ring (bicyclic) bond motifs is 6. The summed E-state index contributed by atoms with van der Waals surface area (Å²) in [6.45, 7) is 4.15. The molecule has 0 radical (unpaired) electrons. The van der Waals surface area contributed by atoms with Gasteiger partial charge >= 0.3 is 0 Å². The first kappa shape index (κ1) is 23.2. The van der Waals surface area contributed by atoms with Crippen molar-refractivity contribution < 1.29 is 4.74 Å². The van der Waals surface area contributed by atoms with Gasteiger partial charge in [-0.05, 0) is 78.9 Å². The molecule has 0 N–H and O–H groups in total. The number of hydrogen-bond donors (Lipinski definition) is 0. The van der Waals surface area contributed by atoms with Crippen molar-refractivity contribution in [3.05, 3.63) is 133 Å². The molecule has 2 aromatic heterocycles. The van der Waals surface area contributed by atoms with Crippen molar-refractivity contribution in [1.29, 1.82) is 0 Å². The number of nitrogens with zero attached hydrogens (tertiary/aromatic N) is 2. The van der Waals surface area contributed by atoms with Crippen LogP contribution in [0.3, 0.4) is 0 Å². The molecule has 0 atom stereocenters. The second kappa shape index (κ2) is 9.77. The van der Waals surface area contributed by atoms with Crippen LogP contribution < -0.4 is 4.74 Å². The fourth-order valence-corrected chi connectivity index (χ4v) is 5.70. The van der Waals surface area contributed by atoms with Crippen LogP contribution in [-0.2, 0) is 0 Å². The van der Waals surface area contributed by atoms with E-state index >= 15 is 0 Å². The zero-order valence-corrected chi connectivity index (χ0v) is 21.7. The van der Waals surface area contributed by atoms with E-state index in [1.165, 1.54) is 21.9 Å². The molecule has 3 nitrogen and oxygen atoms in total. The van der Waals surface area contributed by atoms with Crippen molar-refractivity contribution in [2.24, 2.45) is 0 Å². The minimum Gasteiger partial charge on any atom is -0.457 e. The molecule has 4 aromatic carbocycles. The minimum atomic E-state index is 0.653. The topological polar surface area (TPSA) is 27.1 Å². The summed E-state index contributed by atoms with van der Waals surface area (Å²) in [6.07, 6.45) is 13.6. The number of ether oxygens (including phenoxy) is 1. The van der Waals surface area contributed by atoms with Gasteiger partial charge in [-0.2, -0.15) is 0 Å². The Morgan fingerprint density at radius 3 is 2.54 bits per heavy atom. The molecular formula is C36H28N2O. The molecule has 0 aliphatic carbocycles. The van der Waals surface area contributed by atoms with Crippen molar-refractivity contribution in [3.63, 3.8) is 0 Å². The van der Waals surface area contributed by atoms with Crippen LogP contribution in [0.15, 0.2) is 128 Å². The number of para-hydroxylation sites is 1. The summed E-state index contributed by atoms with van der Waals surface area (Å²) in [5.74, 6) is 1.47. The van der Waals surface area contributed by atoms with Gasteiger partial charge in [0.25, 0.3) is 0 Å². The van der Waals surface area contributed by atoms with Gasteiger partial charge in [0, 0.05) is 33.6 Å². The monoisotopic (exact) mass is 504 g/mol. The highest BCUT2D eigenvalue weighted by atomic mass is 16.5. The Morgan fingerprint density at radius 2 is 1.59 bits per heavy atom. The smallest absolute Gasteiger partial charge is 0.136 e. The van der Waals surface area contributed by atoms with Crippen LogP contribution in [-0.4, -0.2) is 9.55 Å². The normalized spacial score (nSPS) is 15.5. The van der Waals surface area contributed by atoms with Gasteiger partial charge in [-0.25, -0.2) is 0 Å². The van der Waals surface area contributed by atoms with Gasteiger partial charge in [-0.15, -0.1) is 0 Å². The fraction of sp³-hybridized carbons (Fsp3) is 0.0833. The lowest BCUT2D eigenvalue weighted by Crippen LogP contribution is -1.99. The standard InChI is InChI=1S/C36H28N2O/c1-25-12-5-3-2-4-6-16-32-35(39-25)22-21-31-30-15-7-8-20-34(30)38(36(31)32)27-14-9-13-26(24-27)28-17-10-19-33-29(28)18-11-23-37-33/h5-24H,1-4H2/b12-5-,16-6-. The Hall–Kier alpha value is -4.89. The van der Waals surface area contributed by atoms with Crippen LogP contribution in [0.2, 0.25) is 0 Å². The lowest BCUT2D eigenvalue weighted by Gasteiger charge is -2.15. The lowest BCUT2D eigenvalue weighted by molar-refractivity contribution is 0.446. The number of hydrogen-bond acceptors (Lipinski definition) is 2. The molecule has 39 heavy (non-hydrogen) atoms. The quantitative estimate of drug-likeness (QED) is 0.235. The van der Waals surface area contributed by atoms with Crippen molar-refractivity contribution in [1.82, 2.24) is 9.55 Å². The average molecular weight is 505 g/mol. The average Bonchev–Trinajstić information content (AvgIpc) is 3.29. The van der Waals surface area contributed by atoms with Gasteiger partial charge in [0.1, 0.15) is 11.5 Å². The van der Waals surface area contributed by atoms with Crippen LogP contribution in [0, 0.1) is 0 Å². The Morgan fingerprint density at radius 1 is 0.744 bits per heavy atom. The maximum Gasteiger partial charge on any atom is 0.136 e. The van der Waals surface area contributed by atoms with Crippen molar-refractivity contribution in [3.8, 4) is 22.6 Å². The summed E-state index contributed by atoms with van der Waals surface area (Å²) >= 11 is 0. The maximum absolute atomic E-state index is 6.31. The van der Waals surface area contributed by atoms with Crippen molar-refractivity contribution in [2.45, 2.75) is 19.3 Å². The Kier molecular flexibility index (Phi) is 5.82. The third kappa shape index (κ3) is 4.13. The van der Waals surface area contributed by atoms with Gasteiger partial charge < -0.3 is 9.30 Å². The van der Waals surface area contributed by atoms with Gasteiger partial charge in [0.05, 0.1) is 16.6 Å². The SMILES string of the molecule is C=C1/C=C\CCC/C=C\c2c(ccc3c4ccccc4n(-c4cccc(-c5cccc6ncccc56)c4)c23)O1. The summed E-state index contributed by atoms with van der Waals surface area (Å²) in [7, 11) is 0. The zero-order valence-electron chi connectivity index (χ0n) is 21.7. The Bertz CT molecular complexity index is 1930. The second-order valence-corrected chi connectivity index (χ2v) is 9.96. The van der Waals surface area contributed by atoms with E-state index in [1.807, 2.05) is 18.3 Å². The summed E-state index contributed by atoms with van der Waals surface area (Å²) in [5.41, 5.74) is 7.81. The maximum atomic E-state index is 6.31. The fourth-order valence-electron chi connectivity index (χ4n) is 5.70. The number of pyridine rings is 1. The molecule has 6 aromatic rings. The summed E-state index contributed by atoms with van der Waals surface area (Å²) in [5, 5.41) is 3.57. The third-order valence-electron chi connectivity index (χ3n) is 7.47. The molecule has 0 fully saturated rings. The Labute approximate surface area is 228 Å². The number of rotatable bonds is 2. The van der Waals surface area contributed by atoms with Gasteiger partial charge in [0.2, 0.25) is 0 Å². The van der Waals surface area contributed by atoms with E-state index in [0.717, 1.165) is 58.2 Å². The van der Waals surface area contributed by atoms with Crippen LogP contribution in [0.1, 0.15) is 24.8 Å². The summed E-state index contributed by atoms with van der Waals surface area (Å²) < 4.78 is 8.69. The highest BCUT2D eigenvalue weighted by molar-refractivity contribution is 6.12. The van der Waals surface area contributed by atoms with E-state index in [1.54, 1.807) is 0 Å². The first-order valence-corrected chi connectivity index (χ1v) is 13.5. The zero-order chi connectivity index (χ0) is 26.2. The predicted octanol–water partition coefficient (Wildman–Crippen LogP) is 9.64. The number of allylic oxidation sites excluding steroid dienone is 3. The molecule has 0 saturated carbocycles. The summed E-state index contributed by atoms with van der Waals surface area (Å²) in [6, 6.07) is 32.2. The third-order valence-corrected chi connectivity index (χ3v) is 7.47. The highest BCUT2D eigenvalue weighted by Gasteiger charge is 2.18. The summed E-state index contributed by atoms with van der Waals surface area (Å²) in [4.78, 5) is 4.57. The van der Waals surface area contributed by atoms with E-state index in [4.69, 9.17) is 4.74 Å². The largest absolute Gasteiger partial charge is 0.457 e. The molecule has 7 rings (SSSR count). The number of benzene rings is 4. The number of aromatic nitrogens is 2. The van der Waals surface area contributed by atoms with E-state index in [-0.39, 0.29) is 0 Å². The van der Waals surface area contributed by atoms with Gasteiger partial charge in [0.15, 0.2) is 0 Å². The van der Waals surface area contributed by atoms with E-state index in [2.05, 4.69) is 119 Å². The van der Waals surface area contributed by atoms with E-state index in [0.29, 0.717) is 5.76 Å². The molecular weight excluding hydrogens is 476 g/mol. The van der Waals surface area contributed by atoms with Crippen molar-refractivity contribution >= 4 is 38.8 Å². The molecule has 3 heterocycles. The van der Waals surface area contributed by atoms with Gasteiger partial charge in [-0.3, -0.25) is 4.98 Å². The molecule has 1 aliphatic heterocycles. The molecule has 0 amide bonds. The molecule has 0 bridgehead atoms. The molecule has 0 spiro atoms. The molecule has 1 aliphatic rings. The van der Waals surface area contributed by atoms with E-state index < -0.39 is 0 Å². The molecule has 3 heteroatoms. The van der Waals surface area contributed by atoms with E-state index in [9.17, 15) is 0 Å².